The molecule has 0 fully saturated rings. The molecule has 1 unspecified atom stereocenters. The summed E-state index contributed by atoms with van der Waals surface area (Å²) in [6, 6.07) is 21.4. The third kappa shape index (κ3) is 11.3. The van der Waals surface area contributed by atoms with E-state index in [-0.39, 0.29) is 11.1 Å². The number of carboxylic acid groups (broad SMARTS) is 2. The van der Waals surface area contributed by atoms with E-state index in [0.717, 1.165) is 135 Å². The summed E-state index contributed by atoms with van der Waals surface area (Å²) in [7, 11) is 0. The first-order valence-electron chi connectivity index (χ1n) is 20.8. The number of carbonyl (C=O) groups is 2. The lowest BCUT2D eigenvalue weighted by Gasteiger charge is -2.35. The zero-order valence-electron chi connectivity index (χ0n) is 34.2. The average Bonchev–Trinajstić information content (AvgIpc) is 3.83. The highest BCUT2D eigenvalue weighted by Crippen LogP contribution is 2.52. The molecular weight excluding hydrogens is 779 g/mol. The van der Waals surface area contributed by atoms with Gasteiger partial charge in [0.2, 0.25) is 0 Å². The van der Waals surface area contributed by atoms with Crippen molar-refractivity contribution in [1.82, 2.24) is 0 Å². The van der Waals surface area contributed by atoms with Crippen LogP contribution in [0.25, 0.3) is 33.0 Å². The molecule has 0 bridgehead atoms. The van der Waals surface area contributed by atoms with Crippen molar-refractivity contribution in [2.24, 2.45) is 5.92 Å². The lowest BCUT2D eigenvalue weighted by Crippen LogP contribution is -2.27. The van der Waals surface area contributed by atoms with Gasteiger partial charge in [0.25, 0.3) is 0 Å². The Hall–Kier alpha value is -4.61. The van der Waals surface area contributed by atoms with E-state index in [1.54, 1.807) is 34.4 Å². The van der Waals surface area contributed by atoms with Crippen molar-refractivity contribution >= 4 is 69.9 Å². The molecule has 2 aromatic heterocycles. The Morgan fingerprint density at radius 1 is 0.672 bits per heavy atom. The van der Waals surface area contributed by atoms with Crippen LogP contribution in [-0.4, -0.2) is 28.7 Å². The van der Waals surface area contributed by atoms with Crippen molar-refractivity contribution < 1.29 is 19.8 Å². The average molecular weight is 834 g/mol. The Balaban J connectivity index is 1.57. The van der Waals surface area contributed by atoms with Crippen LogP contribution >= 0.6 is 34.4 Å². The van der Waals surface area contributed by atoms with Crippen LogP contribution in [0.1, 0.15) is 126 Å². The van der Waals surface area contributed by atoms with Crippen molar-refractivity contribution in [1.29, 1.82) is 10.5 Å². The molecule has 0 amide bonds. The summed E-state index contributed by atoms with van der Waals surface area (Å²) in [5.41, 5.74) is 6.11. The number of aryl methyl sites for hydroxylation is 2. The summed E-state index contributed by atoms with van der Waals surface area (Å²) in [5, 5.41) is 38.5. The maximum absolute atomic E-state index is 11.8. The summed E-state index contributed by atoms with van der Waals surface area (Å²) in [5.74, 6) is -1.90. The molecular formula is C48H55N3O4S3. The van der Waals surface area contributed by atoms with Gasteiger partial charge in [0.05, 0.1) is 11.4 Å². The van der Waals surface area contributed by atoms with Crippen molar-refractivity contribution in [3.05, 3.63) is 80.6 Å². The number of thiophene rings is 2. The first kappa shape index (κ1) is 44.5. The zero-order chi connectivity index (χ0) is 41.6. The van der Waals surface area contributed by atoms with Crippen LogP contribution in [0.4, 0.5) is 11.4 Å². The molecule has 2 N–H and O–H groups in total. The Morgan fingerprint density at radius 2 is 1.14 bits per heavy atom. The minimum absolute atomic E-state index is 0.259. The SMILES string of the molecule is CCCCCCc1cc(-c2ccc3c(c2)Sc2cc(-c4cc(CCCCCC)c(/C=C(\C#N)C(=O)O)s4)ccc2N3CC(CC)CCCC)sc1/C=C(\C#N)C(=O)O. The van der Waals surface area contributed by atoms with E-state index < -0.39 is 11.9 Å². The van der Waals surface area contributed by atoms with Crippen LogP contribution in [0, 0.1) is 28.6 Å². The maximum atomic E-state index is 11.8. The Morgan fingerprint density at radius 3 is 1.53 bits per heavy atom. The summed E-state index contributed by atoms with van der Waals surface area (Å²) >= 11 is 4.84. The highest BCUT2D eigenvalue weighted by atomic mass is 32.2. The number of unbranched alkanes of at least 4 members (excludes halogenated alkanes) is 7. The van der Waals surface area contributed by atoms with Gasteiger partial charge in [-0.1, -0.05) is 109 Å². The van der Waals surface area contributed by atoms with E-state index in [9.17, 15) is 30.3 Å². The lowest BCUT2D eigenvalue weighted by atomic mass is 9.97. The van der Waals surface area contributed by atoms with E-state index >= 15 is 0 Å². The van der Waals surface area contributed by atoms with Gasteiger partial charge < -0.3 is 15.1 Å². The van der Waals surface area contributed by atoms with Gasteiger partial charge in [-0.2, -0.15) is 10.5 Å². The van der Waals surface area contributed by atoms with Crippen LogP contribution in [0.5, 0.6) is 0 Å². The zero-order valence-corrected chi connectivity index (χ0v) is 36.7. The smallest absolute Gasteiger partial charge is 0.346 e. The third-order valence-corrected chi connectivity index (χ3v) is 14.3. The van der Waals surface area contributed by atoms with Gasteiger partial charge in [0.1, 0.15) is 23.3 Å². The van der Waals surface area contributed by atoms with Gasteiger partial charge in [0, 0.05) is 35.8 Å². The number of anilines is 2. The number of carboxylic acids is 2. The number of fused-ring (bicyclic) bond motifs is 2. The van der Waals surface area contributed by atoms with Crippen molar-refractivity contribution in [3.63, 3.8) is 0 Å². The molecule has 0 radical (unpaired) electrons. The number of hydrogen-bond acceptors (Lipinski definition) is 8. The third-order valence-electron chi connectivity index (χ3n) is 10.8. The molecule has 10 heteroatoms. The fourth-order valence-electron chi connectivity index (χ4n) is 7.40. The maximum Gasteiger partial charge on any atom is 0.346 e. The minimum atomic E-state index is -1.22. The van der Waals surface area contributed by atoms with Crippen LogP contribution in [0.3, 0.4) is 0 Å². The lowest BCUT2D eigenvalue weighted by molar-refractivity contribution is -0.133. The standard InChI is InChI=1S/C48H55N3O4S3/c1-5-9-12-14-17-33-23-41(56-43(33)27-37(29-49)47(52)53)35-19-21-39-45(25-35)58-46-26-36(20-22-40(46)51(39)31-32(8-4)16-11-7-3)42-24-34(18-15-13-10-6-2)44(57-42)28-38(30-50)48(54)55/h19-28,32H,5-18,31H2,1-4H3,(H,52,53)(H,54,55)/b37-27+,38-28+. The van der Waals surface area contributed by atoms with Crippen molar-refractivity contribution in [2.75, 3.05) is 11.4 Å². The van der Waals surface area contributed by atoms with E-state index in [0.29, 0.717) is 5.92 Å². The highest BCUT2D eigenvalue weighted by Gasteiger charge is 2.27. The molecule has 1 atom stereocenters. The number of hydrogen-bond donors (Lipinski definition) is 2. The second-order valence-electron chi connectivity index (χ2n) is 15.1. The minimum Gasteiger partial charge on any atom is -0.477 e. The molecule has 0 aliphatic carbocycles. The number of rotatable bonds is 22. The van der Waals surface area contributed by atoms with E-state index in [4.69, 9.17) is 0 Å². The molecule has 0 saturated heterocycles. The highest BCUT2D eigenvalue weighted by molar-refractivity contribution is 7.99. The molecule has 3 heterocycles. The normalized spacial score (nSPS) is 13.1. The molecule has 1 aliphatic rings. The van der Waals surface area contributed by atoms with Gasteiger partial charge in [-0.25, -0.2) is 9.59 Å². The van der Waals surface area contributed by atoms with Gasteiger partial charge in [-0.15, -0.1) is 22.7 Å². The Bertz CT molecular complexity index is 2070. The predicted octanol–water partition coefficient (Wildman–Crippen LogP) is 14.2. The van der Waals surface area contributed by atoms with Gasteiger partial charge >= 0.3 is 11.9 Å². The topological polar surface area (TPSA) is 125 Å². The van der Waals surface area contributed by atoms with Crippen molar-refractivity contribution in [3.8, 4) is 33.0 Å². The number of benzene rings is 2. The van der Waals surface area contributed by atoms with E-state index in [2.05, 4.69) is 81.1 Å². The quantitative estimate of drug-likeness (QED) is 0.0455. The van der Waals surface area contributed by atoms with Gasteiger partial charge in [-0.05, 0) is 109 Å². The summed E-state index contributed by atoms with van der Waals surface area (Å²) in [4.78, 5) is 32.2. The van der Waals surface area contributed by atoms with Crippen LogP contribution in [0.15, 0.2) is 69.5 Å². The predicted molar refractivity (Wildman–Crippen MR) is 242 cm³/mol. The Labute approximate surface area is 356 Å². The van der Waals surface area contributed by atoms with E-state index in [1.165, 1.54) is 36.4 Å². The summed E-state index contributed by atoms with van der Waals surface area (Å²) in [6.45, 7) is 9.80. The second kappa shape index (κ2) is 22.0. The fourth-order valence-corrected chi connectivity index (χ4v) is 10.9. The summed E-state index contributed by atoms with van der Waals surface area (Å²) in [6.07, 6.45) is 18.1. The first-order valence-corrected chi connectivity index (χ1v) is 23.3. The largest absolute Gasteiger partial charge is 0.477 e. The Kier molecular flexibility index (Phi) is 16.8. The molecule has 4 aromatic rings. The summed E-state index contributed by atoms with van der Waals surface area (Å²) < 4.78 is 0. The second-order valence-corrected chi connectivity index (χ2v) is 18.3. The molecule has 2 aromatic carbocycles. The van der Waals surface area contributed by atoms with Gasteiger partial charge in [-0.3, -0.25) is 0 Å². The van der Waals surface area contributed by atoms with Crippen LogP contribution in [-0.2, 0) is 22.4 Å². The molecule has 0 spiro atoms. The van der Waals surface area contributed by atoms with Crippen molar-refractivity contribution in [2.45, 2.75) is 127 Å². The number of nitriles is 2. The molecule has 304 valence electrons. The van der Waals surface area contributed by atoms with Gasteiger partial charge in [0.15, 0.2) is 0 Å². The molecule has 7 nitrogen and oxygen atoms in total. The van der Waals surface area contributed by atoms with E-state index in [1.807, 2.05) is 12.1 Å². The first-order chi connectivity index (χ1) is 28.1. The molecule has 5 rings (SSSR count). The van der Waals surface area contributed by atoms with Crippen LogP contribution in [0.2, 0.25) is 0 Å². The number of nitrogens with zero attached hydrogens (tertiary/aromatic N) is 3. The molecule has 58 heavy (non-hydrogen) atoms. The fraction of sp³-hybridized carbons (Fsp3) is 0.417. The number of aliphatic carboxylic acids is 2. The molecule has 0 saturated carbocycles. The monoisotopic (exact) mass is 833 g/mol. The molecule has 1 aliphatic heterocycles. The van der Waals surface area contributed by atoms with Crippen LogP contribution < -0.4 is 4.90 Å².